The molecule has 0 heterocycles. The van der Waals surface area contributed by atoms with Crippen molar-refractivity contribution < 1.29 is 14.6 Å². The van der Waals surface area contributed by atoms with Crippen molar-refractivity contribution in [1.82, 2.24) is 0 Å². The summed E-state index contributed by atoms with van der Waals surface area (Å²) >= 11 is 3.29. The lowest BCUT2D eigenvalue weighted by Gasteiger charge is -2.10. The van der Waals surface area contributed by atoms with Crippen molar-refractivity contribution in [2.75, 3.05) is 7.11 Å². The first kappa shape index (κ1) is 11.0. The fourth-order valence-electron chi connectivity index (χ4n) is 1.21. The average Bonchev–Trinajstić information content (AvgIpc) is 2.15. The molecule has 3 nitrogen and oxygen atoms in total. The van der Waals surface area contributed by atoms with E-state index in [1.807, 2.05) is 0 Å². The van der Waals surface area contributed by atoms with Crippen molar-refractivity contribution in [3.63, 3.8) is 0 Å². The van der Waals surface area contributed by atoms with Gasteiger partial charge in [0.15, 0.2) is 0 Å². The van der Waals surface area contributed by atoms with Crippen LogP contribution in [-0.4, -0.2) is 18.2 Å². The molecule has 0 fully saturated rings. The van der Waals surface area contributed by atoms with Crippen LogP contribution in [0.25, 0.3) is 0 Å². The van der Waals surface area contributed by atoms with Crippen LogP contribution in [0, 0.1) is 13.8 Å². The van der Waals surface area contributed by atoms with Gasteiger partial charge in [-0.05, 0) is 41.4 Å². The van der Waals surface area contributed by atoms with E-state index < -0.39 is 5.97 Å². The number of rotatable bonds is 1. The van der Waals surface area contributed by atoms with Crippen molar-refractivity contribution in [2.45, 2.75) is 13.8 Å². The van der Waals surface area contributed by atoms with Crippen LogP contribution in [0.1, 0.15) is 21.5 Å². The lowest BCUT2D eigenvalue weighted by atomic mass is 10.0. The molecule has 14 heavy (non-hydrogen) atoms. The fourth-order valence-corrected chi connectivity index (χ4v) is 1.79. The largest absolute Gasteiger partial charge is 0.508 e. The van der Waals surface area contributed by atoms with Gasteiger partial charge in [0, 0.05) is 10.0 Å². The number of phenolic OH excluding ortho intramolecular Hbond substituents is 1. The summed E-state index contributed by atoms with van der Waals surface area (Å²) in [4.78, 5) is 11.4. The monoisotopic (exact) mass is 258 g/mol. The van der Waals surface area contributed by atoms with Crippen molar-refractivity contribution in [2.24, 2.45) is 0 Å². The molecule has 0 spiro atoms. The Labute approximate surface area is 90.8 Å². The third-order valence-electron chi connectivity index (χ3n) is 2.07. The fraction of sp³-hybridized carbons (Fsp3) is 0.300. The Kier molecular flexibility index (Phi) is 3.16. The molecule has 1 rings (SSSR count). The van der Waals surface area contributed by atoms with Gasteiger partial charge in [-0.1, -0.05) is 0 Å². The normalized spacial score (nSPS) is 10.0. The zero-order valence-corrected chi connectivity index (χ0v) is 9.81. The maximum Gasteiger partial charge on any atom is 0.339 e. The van der Waals surface area contributed by atoms with Gasteiger partial charge in [-0.2, -0.15) is 0 Å². The van der Waals surface area contributed by atoms with E-state index in [0.717, 1.165) is 5.56 Å². The molecule has 0 radical (unpaired) electrons. The van der Waals surface area contributed by atoms with E-state index >= 15 is 0 Å². The highest BCUT2D eigenvalue weighted by atomic mass is 79.9. The number of methoxy groups -OCH3 is 1. The van der Waals surface area contributed by atoms with Crippen LogP contribution in [-0.2, 0) is 4.74 Å². The van der Waals surface area contributed by atoms with Gasteiger partial charge in [-0.25, -0.2) is 4.79 Å². The Hall–Kier alpha value is -1.03. The molecular formula is C10H11BrO3. The Morgan fingerprint density at radius 1 is 1.50 bits per heavy atom. The lowest BCUT2D eigenvalue weighted by molar-refractivity contribution is 0.0598. The Bertz CT molecular complexity index is 359. The molecule has 76 valence electrons. The highest BCUT2D eigenvalue weighted by Gasteiger charge is 2.18. The van der Waals surface area contributed by atoms with Gasteiger partial charge in [0.2, 0.25) is 0 Å². The van der Waals surface area contributed by atoms with Crippen LogP contribution >= 0.6 is 15.9 Å². The molecular weight excluding hydrogens is 248 g/mol. The second-order valence-corrected chi connectivity index (χ2v) is 3.81. The predicted molar refractivity (Wildman–Crippen MR) is 56.6 cm³/mol. The van der Waals surface area contributed by atoms with Crippen LogP contribution in [0.15, 0.2) is 10.5 Å². The summed E-state index contributed by atoms with van der Waals surface area (Å²) in [5.41, 5.74) is 1.70. The smallest absolute Gasteiger partial charge is 0.339 e. The molecule has 0 amide bonds. The summed E-state index contributed by atoms with van der Waals surface area (Å²) in [5, 5.41) is 9.52. The van der Waals surface area contributed by atoms with E-state index in [0.29, 0.717) is 15.6 Å². The molecule has 0 aliphatic rings. The molecule has 1 aromatic carbocycles. The van der Waals surface area contributed by atoms with Gasteiger partial charge in [0.25, 0.3) is 0 Å². The number of phenols is 1. The number of benzene rings is 1. The number of hydrogen-bond acceptors (Lipinski definition) is 3. The van der Waals surface area contributed by atoms with Gasteiger partial charge in [-0.15, -0.1) is 0 Å². The van der Waals surface area contributed by atoms with Crippen LogP contribution < -0.4 is 0 Å². The minimum absolute atomic E-state index is 0.103. The number of carbonyl (C=O) groups is 1. The number of carbonyl (C=O) groups excluding carboxylic acids is 1. The number of esters is 1. The first-order chi connectivity index (χ1) is 6.49. The molecule has 0 aromatic heterocycles. The van der Waals surface area contributed by atoms with Gasteiger partial charge >= 0.3 is 5.97 Å². The van der Waals surface area contributed by atoms with Gasteiger partial charge in [0.05, 0.1) is 12.7 Å². The first-order valence-electron chi connectivity index (χ1n) is 4.06. The Morgan fingerprint density at radius 2 is 2.07 bits per heavy atom. The highest BCUT2D eigenvalue weighted by Crippen LogP contribution is 2.31. The van der Waals surface area contributed by atoms with Crippen molar-refractivity contribution in [3.05, 3.63) is 27.2 Å². The SMILES string of the molecule is COC(=O)c1c(C)c(O)cc(C)c1Br. The van der Waals surface area contributed by atoms with E-state index in [2.05, 4.69) is 20.7 Å². The number of aryl methyl sites for hydroxylation is 1. The summed E-state index contributed by atoms with van der Waals surface area (Å²) in [6.45, 7) is 3.47. The van der Waals surface area contributed by atoms with E-state index in [4.69, 9.17) is 0 Å². The molecule has 0 saturated heterocycles. The number of halogens is 1. The second-order valence-electron chi connectivity index (χ2n) is 3.02. The molecule has 0 aliphatic heterocycles. The molecule has 1 aromatic rings. The third kappa shape index (κ3) is 1.75. The quantitative estimate of drug-likeness (QED) is 0.788. The summed E-state index contributed by atoms with van der Waals surface area (Å²) < 4.78 is 5.29. The molecule has 0 atom stereocenters. The maximum absolute atomic E-state index is 11.4. The average molecular weight is 259 g/mol. The Balaban J connectivity index is 3.47. The lowest BCUT2D eigenvalue weighted by Crippen LogP contribution is -2.06. The topological polar surface area (TPSA) is 46.5 Å². The zero-order valence-electron chi connectivity index (χ0n) is 8.22. The number of aromatic hydroxyl groups is 1. The summed E-state index contributed by atoms with van der Waals surface area (Å²) in [6, 6.07) is 1.60. The van der Waals surface area contributed by atoms with Gasteiger partial charge in [0.1, 0.15) is 5.75 Å². The van der Waals surface area contributed by atoms with Gasteiger partial charge < -0.3 is 9.84 Å². The zero-order chi connectivity index (χ0) is 10.9. The molecule has 0 unspecified atom stereocenters. The van der Waals surface area contributed by atoms with E-state index in [1.165, 1.54) is 7.11 Å². The highest BCUT2D eigenvalue weighted by molar-refractivity contribution is 9.10. The summed E-state index contributed by atoms with van der Waals surface area (Å²) in [5.74, 6) is -0.348. The van der Waals surface area contributed by atoms with Crippen LogP contribution in [0.2, 0.25) is 0 Å². The minimum Gasteiger partial charge on any atom is -0.508 e. The summed E-state index contributed by atoms with van der Waals surface area (Å²) in [7, 11) is 1.31. The molecule has 0 aliphatic carbocycles. The molecule has 0 bridgehead atoms. The Morgan fingerprint density at radius 3 is 2.57 bits per heavy atom. The van der Waals surface area contributed by atoms with Crippen LogP contribution in [0.5, 0.6) is 5.75 Å². The second kappa shape index (κ2) is 4.00. The maximum atomic E-state index is 11.4. The van der Waals surface area contributed by atoms with E-state index in [-0.39, 0.29) is 5.75 Å². The van der Waals surface area contributed by atoms with Crippen LogP contribution in [0.4, 0.5) is 0 Å². The van der Waals surface area contributed by atoms with Crippen molar-refractivity contribution in [1.29, 1.82) is 0 Å². The van der Waals surface area contributed by atoms with Gasteiger partial charge in [-0.3, -0.25) is 0 Å². The third-order valence-corrected chi connectivity index (χ3v) is 3.09. The van der Waals surface area contributed by atoms with Crippen LogP contribution in [0.3, 0.4) is 0 Å². The van der Waals surface area contributed by atoms with Crippen molar-refractivity contribution >= 4 is 21.9 Å². The predicted octanol–water partition coefficient (Wildman–Crippen LogP) is 2.56. The summed E-state index contributed by atoms with van der Waals surface area (Å²) in [6.07, 6.45) is 0. The van der Waals surface area contributed by atoms with Crippen molar-refractivity contribution in [3.8, 4) is 5.75 Å². The molecule has 4 heteroatoms. The number of ether oxygens (including phenoxy) is 1. The van der Waals surface area contributed by atoms with E-state index in [9.17, 15) is 9.90 Å². The number of hydrogen-bond donors (Lipinski definition) is 1. The minimum atomic E-state index is -0.451. The first-order valence-corrected chi connectivity index (χ1v) is 4.85. The molecule has 1 N–H and O–H groups in total. The van der Waals surface area contributed by atoms with E-state index in [1.54, 1.807) is 19.9 Å². The standard InChI is InChI=1S/C10H11BrO3/c1-5-4-7(12)6(2)8(9(5)11)10(13)14-3/h4,12H,1-3H3. The molecule has 0 saturated carbocycles.